The fraction of sp³-hybridized carbons (Fsp3) is 0.353. The minimum atomic E-state index is -3.73. The number of carbonyl (C=O) groups is 2. The number of halogens is 2. The normalized spacial score (nSPS) is 17.0. The van der Waals surface area contributed by atoms with Gasteiger partial charge in [-0.3, -0.25) is 9.59 Å². The number of ketones is 1. The predicted octanol–water partition coefficient (Wildman–Crippen LogP) is 5.18. The summed E-state index contributed by atoms with van der Waals surface area (Å²) >= 11 is 0. The van der Waals surface area contributed by atoms with E-state index in [-0.39, 0.29) is 36.9 Å². The van der Waals surface area contributed by atoms with Gasteiger partial charge in [-0.1, -0.05) is 42.5 Å². The van der Waals surface area contributed by atoms with Gasteiger partial charge in [0, 0.05) is 23.0 Å². The van der Waals surface area contributed by atoms with Gasteiger partial charge in [-0.15, -0.1) is 8.78 Å². The summed E-state index contributed by atoms with van der Waals surface area (Å²) in [6, 6.07) is 21.2. The molecular formula is C34H33F2NO7. The average molecular weight is 606 g/mol. The molecular weight excluding hydrogens is 572 g/mol. The number of benzene rings is 3. The molecule has 1 aromatic heterocycles. The SMILES string of the molecule is CC(C)(C(=O)OCc1ccccc1)c1cc2cc(CC(=O)C3(c4ccc5c(c4)OC(F)(F)O5)CC3)ccc2n1C[C@@H](O)CO. The third-order valence-electron chi connectivity index (χ3n) is 8.54. The highest BCUT2D eigenvalue weighted by molar-refractivity contribution is 5.96. The lowest BCUT2D eigenvalue weighted by Crippen LogP contribution is -2.34. The number of aromatic nitrogens is 1. The number of fused-ring (bicyclic) bond motifs is 2. The van der Waals surface area contributed by atoms with Crippen LogP contribution in [0.2, 0.25) is 0 Å². The Balaban J connectivity index is 1.26. The molecule has 1 saturated carbocycles. The summed E-state index contributed by atoms with van der Waals surface area (Å²) in [7, 11) is 0. The van der Waals surface area contributed by atoms with E-state index in [9.17, 15) is 28.6 Å². The van der Waals surface area contributed by atoms with E-state index in [0.29, 0.717) is 24.1 Å². The second-order valence-electron chi connectivity index (χ2n) is 12.1. The van der Waals surface area contributed by atoms with Gasteiger partial charge in [-0.2, -0.15) is 0 Å². The maximum atomic E-state index is 13.6. The van der Waals surface area contributed by atoms with Crippen LogP contribution in [0.3, 0.4) is 0 Å². The standard InChI is InChI=1S/C34H33F2NO7/c1-32(2,31(41)42-20-21-6-4-3-5-7-21)29-16-23-14-22(8-10-26(23)37(29)18-25(39)19-38)15-30(40)33(12-13-33)24-9-11-27-28(17-24)44-34(35,36)43-27/h3-11,14,16-17,25,38-39H,12-13,15,18-20H2,1-2H3/t25-/m1/s1. The molecule has 1 aliphatic carbocycles. The molecule has 0 bridgehead atoms. The van der Waals surface area contributed by atoms with E-state index >= 15 is 0 Å². The van der Waals surface area contributed by atoms with Crippen LogP contribution in [-0.4, -0.2) is 45.5 Å². The number of aliphatic hydroxyl groups is 2. The number of rotatable bonds is 11. The van der Waals surface area contributed by atoms with Crippen molar-refractivity contribution in [3.8, 4) is 11.5 Å². The molecule has 10 heteroatoms. The summed E-state index contributed by atoms with van der Waals surface area (Å²) < 4.78 is 43.6. The molecule has 44 heavy (non-hydrogen) atoms. The highest BCUT2D eigenvalue weighted by atomic mass is 19.3. The largest absolute Gasteiger partial charge is 0.586 e. The van der Waals surface area contributed by atoms with Gasteiger partial charge < -0.3 is 29.0 Å². The molecule has 2 N–H and O–H groups in total. The number of ether oxygens (including phenoxy) is 3. The topological polar surface area (TPSA) is 107 Å². The van der Waals surface area contributed by atoms with E-state index in [1.807, 2.05) is 54.6 Å². The number of esters is 1. The summed E-state index contributed by atoms with van der Waals surface area (Å²) in [6.07, 6.45) is -3.47. The van der Waals surface area contributed by atoms with Crippen molar-refractivity contribution in [3.05, 3.63) is 95.2 Å². The Labute approximate surface area is 252 Å². The highest BCUT2D eigenvalue weighted by Gasteiger charge is 2.52. The van der Waals surface area contributed by atoms with Crippen molar-refractivity contribution in [2.75, 3.05) is 6.61 Å². The van der Waals surface area contributed by atoms with E-state index in [0.717, 1.165) is 22.0 Å². The molecule has 0 spiro atoms. The Kier molecular flexibility index (Phi) is 7.45. The predicted molar refractivity (Wildman–Crippen MR) is 157 cm³/mol. The summed E-state index contributed by atoms with van der Waals surface area (Å²) in [5.74, 6) is -0.637. The van der Waals surface area contributed by atoms with Gasteiger partial charge in [0.1, 0.15) is 17.8 Å². The van der Waals surface area contributed by atoms with E-state index in [2.05, 4.69) is 9.47 Å². The van der Waals surface area contributed by atoms with Gasteiger partial charge >= 0.3 is 12.3 Å². The molecule has 0 unspecified atom stereocenters. The molecule has 6 rings (SSSR count). The molecule has 0 amide bonds. The third kappa shape index (κ3) is 5.55. The van der Waals surface area contributed by atoms with Crippen molar-refractivity contribution >= 4 is 22.7 Å². The average Bonchev–Trinajstić information content (AvgIpc) is 3.65. The summed E-state index contributed by atoms with van der Waals surface area (Å²) in [5.41, 5.74) is 1.66. The number of aliphatic hydroxyl groups excluding tert-OH is 2. The van der Waals surface area contributed by atoms with Crippen LogP contribution in [0.4, 0.5) is 8.78 Å². The smallest absolute Gasteiger partial charge is 0.460 e. The Bertz CT molecular complexity index is 1730. The highest BCUT2D eigenvalue weighted by Crippen LogP contribution is 2.52. The lowest BCUT2D eigenvalue weighted by molar-refractivity contribution is -0.286. The van der Waals surface area contributed by atoms with Crippen LogP contribution in [0.5, 0.6) is 11.5 Å². The van der Waals surface area contributed by atoms with Crippen molar-refractivity contribution < 1.29 is 42.8 Å². The van der Waals surface area contributed by atoms with Crippen LogP contribution in [0.25, 0.3) is 10.9 Å². The van der Waals surface area contributed by atoms with Crippen LogP contribution < -0.4 is 9.47 Å². The maximum Gasteiger partial charge on any atom is 0.586 e. The van der Waals surface area contributed by atoms with Crippen molar-refractivity contribution in [1.82, 2.24) is 4.57 Å². The number of Topliss-reactive ketones (excluding diaryl/α,β-unsaturated/α-hetero) is 1. The summed E-state index contributed by atoms with van der Waals surface area (Å²) in [4.78, 5) is 27.0. The van der Waals surface area contributed by atoms with Crippen molar-refractivity contribution in [2.45, 2.75) is 69.5 Å². The first-order valence-electron chi connectivity index (χ1n) is 14.5. The van der Waals surface area contributed by atoms with E-state index in [4.69, 9.17) is 4.74 Å². The zero-order valence-corrected chi connectivity index (χ0v) is 24.4. The number of hydrogen-bond acceptors (Lipinski definition) is 7. The lowest BCUT2D eigenvalue weighted by Gasteiger charge is -2.26. The van der Waals surface area contributed by atoms with E-state index < -0.39 is 35.8 Å². The molecule has 1 atom stereocenters. The molecule has 0 saturated heterocycles. The number of nitrogens with zero attached hydrogens (tertiary/aromatic N) is 1. The molecule has 230 valence electrons. The minimum absolute atomic E-state index is 0.0392. The molecule has 4 aromatic rings. The Morgan fingerprint density at radius 1 is 0.977 bits per heavy atom. The molecule has 1 fully saturated rings. The van der Waals surface area contributed by atoms with Gasteiger partial charge in [0.2, 0.25) is 0 Å². The van der Waals surface area contributed by atoms with Crippen molar-refractivity contribution in [3.63, 3.8) is 0 Å². The zero-order valence-electron chi connectivity index (χ0n) is 24.4. The van der Waals surface area contributed by atoms with Crippen LogP contribution in [0.1, 0.15) is 49.1 Å². The zero-order chi connectivity index (χ0) is 31.3. The quantitative estimate of drug-likeness (QED) is 0.227. The number of carbonyl (C=O) groups excluding carboxylic acids is 2. The lowest BCUT2D eigenvalue weighted by atomic mass is 9.87. The van der Waals surface area contributed by atoms with E-state index in [1.165, 1.54) is 12.1 Å². The van der Waals surface area contributed by atoms with Crippen molar-refractivity contribution in [1.29, 1.82) is 0 Å². The Hall–Kier alpha value is -4.28. The summed E-state index contributed by atoms with van der Waals surface area (Å²) in [6.45, 7) is 3.21. The Morgan fingerprint density at radius 2 is 1.70 bits per heavy atom. The van der Waals surface area contributed by atoms with Crippen LogP contribution in [0, 0.1) is 0 Å². The van der Waals surface area contributed by atoms with E-state index in [1.54, 1.807) is 24.5 Å². The fourth-order valence-electron chi connectivity index (χ4n) is 5.88. The Morgan fingerprint density at radius 3 is 2.41 bits per heavy atom. The van der Waals surface area contributed by atoms with Gasteiger partial charge in [0.25, 0.3) is 0 Å². The van der Waals surface area contributed by atoms with Crippen LogP contribution >= 0.6 is 0 Å². The second kappa shape index (κ2) is 11.0. The minimum Gasteiger partial charge on any atom is -0.460 e. The molecule has 0 radical (unpaired) electrons. The molecule has 2 heterocycles. The first-order chi connectivity index (χ1) is 20.9. The molecule has 3 aromatic carbocycles. The molecule has 2 aliphatic rings. The maximum absolute atomic E-state index is 13.6. The van der Waals surface area contributed by atoms with Crippen molar-refractivity contribution in [2.24, 2.45) is 0 Å². The number of alkyl halides is 2. The third-order valence-corrected chi connectivity index (χ3v) is 8.54. The van der Waals surface area contributed by atoms with Gasteiger partial charge in [0.05, 0.1) is 24.7 Å². The van der Waals surface area contributed by atoms with Gasteiger partial charge in [-0.25, -0.2) is 0 Å². The van der Waals surface area contributed by atoms with Crippen LogP contribution in [-0.2, 0) is 44.7 Å². The second-order valence-corrected chi connectivity index (χ2v) is 12.1. The number of hydrogen-bond donors (Lipinski definition) is 2. The first-order valence-corrected chi connectivity index (χ1v) is 14.5. The van der Waals surface area contributed by atoms with Crippen LogP contribution in [0.15, 0.2) is 72.8 Å². The fourth-order valence-corrected chi connectivity index (χ4v) is 5.88. The molecule has 1 aliphatic heterocycles. The van der Waals surface area contributed by atoms with Gasteiger partial charge in [0.15, 0.2) is 11.5 Å². The first kappa shape index (κ1) is 29.8. The molecule has 8 nitrogen and oxygen atoms in total. The summed E-state index contributed by atoms with van der Waals surface area (Å²) in [5, 5.41) is 20.7. The monoisotopic (exact) mass is 605 g/mol. The van der Waals surface area contributed by atoms with Gasteiger partial charge in [-0.05, 0) is 73.7 Å².